The molecular weight excluding hydrogens is 284 g/mol. The van der Waals surface area contributed by atoms with Gasteiger partial charge >= 0.3 is 11.9 Å². The van der Waals surface area contributed by atoms with Crippen LogP contribution in [0.2, 0.25) is 0 Å². The zero-order valence-electron chi connectivity index (χ0n) is 13.2. The first-order valence-electron chi connectivity index (χ1n) is 7.40. The number of aliphatic hydroxyl groups excluding tert-OH is 1. The highest BCUT2D eigenvalue weighted by molar-refractivity contribution is 5.91. The quantitative estimate of drug-likeness (QED) is 0.456. The summed E-state index contributed by atoms with van der Waals surface area (Å²) < 4.78 is 10.7. The Morgan fingerprint density at radius 2 is 2.09 bits per heavy atom. The van der Waals surface area contributed by atoms with Crippen LogP contribution in [-0.4, -0.2) is 35.4 Å². The van der Waals surface area contributed by atoms with Gasteiger partial charge in [-0.05, 0) is 44.4 Å². The Morgan fingerprint density at radius 1 is 1.41 bits per heavy atom. The van der Waals surface area contributed by atoms with Gasteiger partial charge in [0.2, 0.25) is 0 Å². The lowest BCUT2D eigenvalue weighted by atomic mass is 9.86. The molecule has 0 spiro atoms. The van der Waals surface area contributed by atoms with E-state index >= 15 is 0 Å². The number of esters is 2. The van der Waals surface area contributed by atoms with E-state index in [1.807, 2.05) is 13.0 Å². The first-order chi connectivity index (χ1) is 10.3. The molecule has 1 saturated heterocycles. The van der Waals surface area contributed by atoms with Crippen molar-refractivity contribution in [3.8, 4) is 0 Å². The van der Waals surface area contributed by atoms with E-state index < -0.39 is 36.2 Å². The molecule has 0 amide bonds. The Kier molecular flexibility index (Phi) is 4.86. The zero-order valence-corrected chi connectivity index (χ0v) is 13.2. The maximum Gasteiger partial charge on any atom is 0.334 e. The molecule has 5 heteroatoms. The van der Waals surface area contributed by atoms with Crippen LogP contribution in [0.15, 0.2) is 35.5 Å². The van der Waals surface area contributed by atoms with E-state index in [4.69, 9.17) is 9.47 Å². The summed E-state index contributed by atoms with van der Waals surface area (Å²) in [5.74, 6) is -1.37. The van der Waals surface area contributed by atoms with Gasteiger partial charge < -0.3 is 14.6 Å². The van der Waals surface area contributed by atoms with Crippen LogP contribution in [0.5, 0.6) is 0 Å². The van der Waals surface area contributed by atoms with Crippen LogP contribution in [0.3, 0.4) is 0 Å². The molecule has 22 heavy (non-hydrogen) atoms. The number of hydrogen-bond acceptors (Lipinski definition) is 5. The molecule has 0 aromatic rings. The lowest BCUT2D eigenvalue weighted by Crippen LogP contribution is -2.32. The van der Waals surface area contributed by atoms with Crippen LogP contribution in [0.25, 0.3) is 0 Å². The van der Waals surface area contributed by atoms with Gasteiger partial charge in [0.25, 0.3) is 0 Å². The van der Waals surface area contributed by atoms with Crippen LogP contribution in [0, 0.1) is 5.92 Å². The van der Waals surface area contributed by atoms with Crippen molar-refractivity contribution in [2.75, 3.05) is 0 Å². The van der Waals surface area contributed by atoms with Gasteiger partial charge in [-0.3, -0.25) is 4.79 Å². The Hall–Kier alpha value is -1.88. The largest absolute Gasteiger partial charge is 0.457 e. The van der Waals surface area contributed by atoms with Crippen LogP contribution in [0.4, 0.5) is 0 Å². The van der Waals surface area contributed by atoms with Gasteiger partial charge in [0, 0.05) is 12.5 Å². The van der Waals surface area contributed by atoms with Crippen molar-refractivity contribution in [3.05, 3.63) is 35.5 Å². The van der Waals surface area contributed by atoms with E-state index in [0.717, 1.165) is 11.1 Å². The van der Waals surface area contributed by atoms with E-state index in [1.54, 1.807) is 13.0 Å². The van der Waals surface area contributed by atoms with Crippen molar-refractivity contribution in [1.82, 2.24) is 0 Å². The molecule has 0 saturated carbocycles. The molecule has 0 unspecified atom stereocenters. The Bertz CT molecular complexity index is 557. The Labute approximate surface area is 130 Å². The SMILES string of the molecule is C=C1C(=O)O[C@@H]2/C=C(/C)[C@H](O)CC/C(C)=C/[C@H](OC(C)=O)[C@H]12. The summed E-state index contributed by atoms with van der Waals surface area (Å²) in [6.07, 6.45) is 3.06. The van der Waals surface area contributed by atoms with Crippen molar-refractivity contribution in [1.29, 1.82) is 0 Å². The van der Waals surface area contributed by atoms with Gasteiger partial charge in [-0.1, -0.05) is 12.2 Å². The van der Waals surface area contributed by atoms with E-state index in [1.165, 1.54) is 6.92 Å². The predicted molar refractivity (Wildman–Crippen MR) is 80.8 cm³/mol. The average molecular weight is 306 g/mol. The molecule has 4 atom stereocenters. The molecule has 0 radical (unpaired) electrons. The van der Waals surface area contributed by atoms with Crippen molar-refractivity contribution in [2.24, 2.45) is 5.92 Å². The first-order valence-corrected chi connectivity index (χ1v) is 7.40. The van der Waals surface area contributed by atoms with Crippen LogP contribution >= 0.6 is 0 Å². The summed E-state index contributed by atoms with van der Waals surface area (Å²) in [5, 5.41) is 10.1. The van der Waals surface area contributed by atoms with Crippen LogP contribution in [0.1, 0.15) is 33.6 Å². The van der Waals surface area contributed by atoms with Crippen molar-refractivity contribution in [3.63, 3.8) is 0 Å². The number of allylic oxidation sites excluding steroid dienone is 1. The molecule has 0 bridgehead atoms. The molecule has 1 aliphatic carbocycles. The number of fused-ring (bicyclic) bond motifs is 1. The van der Waals surface area contributed by atoms with E-state index in [9.17, 15) is 14.7 Å². The minimum atomic E-state index is -0.597. The minimum absolute atomic E-state index is 0.291. The lowest BCUT2D eigenvalue weighted by Gasteiger charge is -2.26. The fourth-order valence-corrected chi connectivity index (χ4v) is 2.86. The van der Waals surface area contributed by atoms with E-state index in [2.05, 4.69) is 6.58 Å². The number of hydrogen-bond donors (Lipinski definition) is 1. The van der Waals surface area contributed by atoms with Gasteiger partial charge in [0.1, 0.15) is 12.2 Å². The molecule has 2 aliphatic rings. The molecule has 5 nitrogen and oxygen atoms in total. The normalized spacial score (nSPS) is 37.3. The van der Waals surface area contributed by atoms with Gasteiger partial charge in [-0.25, -0.2) is 4.79 Å². The highest BCUT2D eigenvalue weighted by atomic mass is 16.6. The number of carbonyl (C=O) groups is 2. The van der Waals surface area contributed by atoms with E-state index in [0.29, 0.717) is 18.4 Å². The molecule has 1 N–H and O–H groups in total. The summed E-state index contributed by atoms with van der Waals surface area (Å²) in [6.45, 7) is 8.84. The fourth-order valence-electron chi connectivity index (χ4n) is 2.86. The molecule has 1 fully saturated rings. The third kappa shape index (κ3) is 3.47. The first kappa shape index (κ1) is 16.5. The molecular formula is C17H22O5. The summed E-state index contributed by atoms with van der Waals surface area (Å²) in [4.78, 5) is 23.3. The van der Waals surface area contributed by atoms with Crippen LogP contribution < -0.4 is 0 Å². The number of rotatable bonds is 1. The topological polar surface area (TPSA) is 72.8 Å². The Balaban J connectivity index is 2.45. The second-order valence-corrected chi connectivity index (χ2v) is 5.97. The fraction of sp³-hybridized carbons (Fsp3) is 0.529. The Morgan fingerprint density at radius 3 is 2.73 bits per heavy atom. The lowest BCUT2D eigenvalue weighted by molar-refractivity contribution is -0.146. The molecule has 1 aliphatic heterocycles. The summed E-state index contributed by atoms with van der Waals surface area (Å²) in [6, 6.07) is 0. The maximum absolute atomic E-state index is 11.9. The van der Waals surface area contributed by atoms with Crippen molar-refractivity contribution < 1.29 is 24.2 Å². The maximum atomic E-state index is 11.9. The second-order valence-electron chi connectivity index (χ2n) is 5.97. The minimum Gasteiger partial charge on any atom is -0.457 e. The standard InChI is InChI=1S/C17H22O5/c1-9-5-6-13(19)10(2)8-15-16(11(3)17(20)22-15)14(7-9)21-12(4)18/h7-8,13-16,19H,3,5-6H2,1-2,4H3/b9-7+,10-8-/t13-,14+,15-,16+/m1/s1. The van der Waals surface area contributed by atoms with E-state index in [-0.39, 0.29) is 0 Å². The van der Waals surface area contributed by atoms with Crippen molar-refractivity contribution in [2.45, 2.75) is 51.9 Å². The summed E-state index contributed by atoms with van der Waals surface area (Å²) >= 11 is 0. The monoisotopic (exact) mass is 306 g/mol. The van der Waals surface area contributed by atoms with Crippen LogP contribution in [-0.2, 0) is 19.1 Å². The third-order valence-corrected chi connectivity index (χ3v) is 4.13. The van der Waals surface area contributed by atoms with Gasteiger partial charge in [-0.15, -0.1) is 0 Å². The molecule has 0 aromatic heterocycles. The smallest absolute Gasteiger partial charge is 0.334 e. The summed E-state index contributed by atoms with van der Waals surface area (Å²) in [5.41, 5.74) is 2.03. The zero-order chi connectivity index (χ0) is 16.4. The van der Waals surface area contributed by atoms with Gasteiger partial charge in [0.05, 0.1) is 12.0 Å². The van der Waals surface area contributed by atoms with Gasteiger partial charge in [0.15, 0.2) is 0 Å². The molecule has 0 aromatic carbocycles. The number of carbonyl (C=O) groups excluding carboxylic acids is 2. The molecule has 120 valence electrons. The summed E-state index contributed by atoms with van der Waals surface area (Å²) in [7, 11) is 0. The third-order valence-electron chi connectivity index (χ3n) is 4.13. The highest BCUT2D eigenvalue weighted by Gasteiger charge is 2.43. The predicted octanol–water partition coefficient (Wildman–Crippen LogP) is 2.06. The second kappa shape index (κ2) is 6.48. The van der Waals surface area contributed by atoms with Gasteiger partial charge in [-0.2, -0.15) is 0 Å². The number of aliphatic hydroxyl groups is 1. The highest BCUT2D eigenvalue weighted by Crippen LogP contribution is 2.35. The molecule has 2 rings (SSSR count). The average Bonchev–Trinajstić information content (AvgIpc) is 2.69. The molecule has 1 heterocycles. The number of ether oxygens (including phenoxy) is 2. The van der Waals surface area contributed by atoms with Crippen molar-refractivity contribution >= 4 is 11.9 Å².